The molecule has 0 aliphatic heterocycles. The molecular weight excluding hydrogens is 254 g/mol. The molecule has 0 aromatic heterocycles. The predicted molar refractivity (Wildman–Crippen MR) is 70.3 cm³/mol. The van der Waals surface area contributed by atoms with Crippen LogP contribution < -0.4 is 10.1 Å². The molecule has 18 heavy (non-hydrogen) atoms. The number of phenols is 1. The maximum absolute atomic E-state index is 11.2. The van der Waals surface area contributed by atoms with Crippen molar-refractivity contribution in [2.24, 2.45) is 0 Å². The van der Waals surface area contributed by atoms with E-state index in [-0.39, 0.29) is 17.4 Å². The molecule has 1 aromatic carbocycles. The molecule has 0 aliphatic carbocycles. The van der Waals surface area contributed by atoms with Gasteiger partial charge in [0, 0.05) is 13.1 Å². The smallest absolute Gasteiger partial charge is 0.279 e. The first-order chi connectivity index (χ1) is 8.60. The first-order valence-corrected chi connectivity index (χ1v) is 6.18. The molecule has 2 N–H and O–H groups in total. The average Bonchev–Trinajstić information content (AvgIpc) is 2.39. The quantitative estimate of drug-likeness (QED) is 0.794. The number of nitrogens with one attached hydrogen (secondary N) is 1. The molecule has 1 unspecified atom stereocenters. The van der Waals surface area contributed by atoms with Crippen molar-refractivity contribution in [2.45, 2.75) is 11.7 Å². The van der Waals surface area contributed by atoms with Crippen LogP contribution in [0.2, 0.25) is 0 Å². The summed E-state index contributed by atoms with van der Waals surface area (Å²) >= 11 is 0.898. The number of aldehydes is 1. The van der Waals surface area contributed by atoms with Crippen LogP contribution in [-0.4, -0.2) is 36.0 Å². The van der Waals surface area contributed by atoms with Gasteiger partial charge in [-0.15, -0.1) is 0 Å². The zero-order valence-corrected chi connectivity index (χ0v) is 11.0. The molecule has 1 amide bonds. The number of ether oxygens (including phenoxy) is 1. The predicted octanol–water partition coefficient (Wildman–Crippen LogP) is 1.58. The summed E-state index contributed by atoms with van der Waals surface area (Å²) in [6.07, 6.45) is 0.987. The number of phenolic OH excluding ortho intramolecular Hbond substituents is 1. The molecule has 0 radical (unpaired) electrons. The largest absolute Gasteiger partial charge is 0.508 e. The Labute approximate surface area is 110 Å². The monoisotopic (exact) mass is 269 g/mol. The first kappa shape index (κ1) is 14.4. The Morgan fingerprint density at radius 3 is 2.83 bits per heavy atom. The fourth-order valence-corrected chi connectivity index (χ4v) is 2.09. The lowest BCUT2D eigenvalue weighted by molar-refractivity contribution is -0.107. The van der Waals surface area contributed by atoms with Crippen LogP contribution >= 0.6 is 11.8 Å². The van der Waals surface area contributed by atoms with Crippen molar-refractivity contribution in [3.63, 3.8) is 0 Å². The van der Waals surface area contributed by atoms with Crippen molar-refractivity contribution < 1.29 is 19.4 Å². The van der Waals surface area contributed by atoms with Crippen molar-refractivity contribution in [3.8, 4) is 11.5 Å². The van der Waals surface area contributed by atoms with E-state index in [4.69, 9.17) is 4.74 Å². The van der Waals surface area contributed by atoms with Crippen molar-refractivity contribution in [1.29, 1.82) is 0 Å². The number of hydrogen-bond acceptors (Lipinski definition) is 5. The Morgan fingerprint density at radius 1 is 1.61 bits per heavy atom. The highest BCUT2D eigenvalue weighted by Crippen LogP contribution is 2.26. The van der Waals surface area contributed by atoms with E-state index >= 15 is 0 Å². The van der Waals surface area contributed by atoms with Crippen molar-refractivity contribution in [3.05, 3.63) is 23.8 Å². The lowest BCUT2D eigenvalue weighted by Gasteiger charge is -2.11. The molecule has 0 bridgehead atoms. The molecule has 1 aromatic rings. The molecule has 5 nitrogen and oxygen atoms in total. The van der Waals surface area contributed by atoms with E-state index in [1.807, 2.05) is 0 Å². The number of hydrogen-bond donors (Lipinski definition) is 2. The van der Waals surface area contributed by atoms with Gasteiger partial charge in [0.05, 0.1) is 12.4 Å². The van der Waals surface area contributed by atoms with E-state index < -0.39 is 5.25 Å². The van der Waals surface area contributed by atoms with Crippen molar-refractivity contribution in [1.82, 2.24) is 5.32 Å². The molecular formula is C12H15NO4S. The number of benzene rings is 1. The zero-order valence-electron chi connectivity index (χ0n) is 10.2. The van der Waals surface area contributed by atoms with E-state index in [1.54, 1.807) is 12.1 Å². The van der Waals surface area contributed by atoms with Gasteiger partial charge in [-0.3, -0.25) is 4.79 Å². The van der Waals surface area contributed by atoms with Crippen LogP contribution in [0.4, 0.5) is 4.79 Å². The Hall–Kier alpha value is -1.69. The fourth-order valence-electron chi connectivity index (χ4n) is 1.37. The summed E-state index contributed by atoms with van der Waals surface area (Å²) in [5.41, 5.74) is 0.601. The Balaban J connectivity index is 2.75. The van der Waals surface area contributed by atoms with E-state index in [2.05, 4.69) is 5.32 Å². The Bertz CT molecular complexity index is 436. The third kappa shape index (κ3) is 3.96. The van der Waals surface area contributed by atoms with Crippen LogP contribution in [0.25, 0.3) is 0 Å². The molecule has 6 heteroatoms. The SMILES string of the molecule is CNC(=O)SC(C=O)Cc1ccc(OC)cc1O. The summed E-state index contributed by atoms with van der Waals surface area (Å²) < 4.78 is 4.96. The highest BCUT2D eigenvalue weighted by atomic mass is 32.2. The van der Waals surface area contributed by atoms with Gasteiger partial charge < -0.3 is 20.0 Å². The Morgan fingerprint density at radius 2 is 2.33 bits per heavy atom. The number of methoxy groups -OCH3 is 1. The van der Waals surface area contributed by atoms with E-state index in [9.17, 15) is 14.7 Å². The van der Waals surface area contributed by atoms with Gasteiger partial charge in [0.25, 0.3) is 5.24 Å². The van der Waals surface area contributed by atoms with Gasteiger partial charge in [-0.25, -0.2) is 0 Å². The summed E-state index contributed by atoms with van der Waals surface area (Å²) in [7, 11) is 3.01. The van der Waals surface area contributed by atoms with Crippen molar-refractivity contribution in [2.75, 3.05) is 14.2 Å². The topological polar surface area (TPSA) is 75.6 Å². The number of amides is 1. The van der Waals surface area contributed by atoms with E-state index in [0.717, 1.165) is 11.8 Å². The van der Waals surface area contributed by atoms with Gasteiger partial charge in [-0.2, -0.15) is 0 Å². The van der Waals surface area contributed by atoms with Crippen LogP contribution in [0.3, 0.4) is 0 Å². The van der Waals surface area contributed by atoms with Gasteiger partial charge in [0.1, 0.15) is 17.8 Å². The van der Waals surface area contributed by atoms with E-state index in [1.165, 1.54) is 20.2 Å². The highest BCUT2D eigenvalue weighted by Gasteiger charge is 2.15. The van der Waals surface area contributed by atoms with Gasteiger partial charge >= 0.3 is 0 Å². The number of carbonyl (C=O) groups excluding carboxylic acids is 2. The number of thioether (sulfide) groups is 1. The maximum atomic E-state index is 11.2. The minimum atomic E-state index is -0.524. The molecule has 1 rings (SSSR count). The average molecular weight is 269 g/mol. The number of aromatic hydroxyl groups is 1. The van der Waals surface area contributed by atoms with Gasteiger partial charge in [0.15, 0.2) is 0 Å². The third-order valence-electron chi connectivity index (χ3n) is 2.33. The first-order valence-electron chi connectivity index (χ1n) is 5.30. The fraction of sp³-hybridized carbons (Fsp3) is 0.333. The summed E-state index contributed by atoms with van der Waals surface area (Å²) in [5.74, 6) is 0.594. The van der Waals surface area contributed by atoms with Gasteiger partial charge in [0.2, 0.25) is 0 Å². The van der Waals surface area contributed by atoms with Crippen LogP contribution in [0.1, 0.15) is 5.56 Å². The normalized spacial score (nSPS) is 11.7. The summed E-state index contributed by atoms with van der Waals surface area (Å²) in [6.45, 7) is 0. The second kappa shape index (κ2) is 6.90. The van der Waals surface area contributed by atoms with Crippen molar-refractivity contribution >= 4 is 23.3 Å². The van der Waals surface area contributed by atoms with Gasteiger partial charge in [-0.1, -0.05) is 17.8 Å². The molecule has 0 fully saturated rings. The summed E-state index contributed by atoms with van der Waals surface area (Å²) in [6, 6.07) is 4.85. The summed E-state index contributed by atoms with van der Waals surface area (Å²) in [5, 5.41) is 11.4. The molecule has 1 atom stereocenters. The standard InChI is InChI=1S/C12H15NO4S/c1-13-12(16)18-10(7-14)5-8-3-4-9(17-2)6-11(8)15/h3-4,6-7,10,15H,5H2,1-2H3,(H,13,16). The maximum Gasteiger partial charge on any atom is 0.279 e. The molecule has 98 valence electrons. The lowest BCUT2D eigenvalue weighted by atomic mass is 10.1. The third-order valence-corrected chi connectivity index (χ3v) is 3.33. The highest BCUT2D eigenvalue weighted by molar-refractivity contribution is 8.14. The van der Waals surface area contributed by atoms with Gasteiger partial charge in [-0.05, 0) is 18.1 Å². The summed E-state index contributed by atoms with van der Waals surface area (Å²) in [4.78, 5) is 22.1. The molecule has 0 saturated carbocycles. The van der Waals surface area contributed by atoms with Crippen LogP contribution in [-0.2, 0) is 11.2 Å². The van der Waals surface area contributed by atoms with Crippen LogP contribution in [0.5, 0.6) is 11.5 Å². The van der Waals surface area contributed by atoms with Crippen LogP contribution in [0, 0.1) is 0 Å². The van der Waals surface area contributed by atoms with Crippen LogP contribution in [0.15, 0.2) is 18.2 Å². The minimum Gasteiger partial charge on any atom is -0.508 e. The zero-order chi connectivity index (χ0) is 13.5. The second-order valence-corrected chi connectivity index (χ2v) is 4.74. The Kier molecular flexibility index (Phi) is 5.51. The number of rotatable bonds is 5. The molecule has 0 spiro atoms. The second-order valence-electron chi connectivity index (χ2n) is 3.53. The minimum absolute atomic E-state index is 0.0544. The number of carbonyl (C=O) groups is 2. The van der Waals surface area contributed by atoms with E-state index in [0.29, 0.717) is 17.6 Å². The molecule has 0 aliphatic rings. The molecule has 0 saturated heterocycles. The lowest BCUT2D eigenvalue weighted by Crippen LogP contribution is -2.19. The molecule has 0 heterocycles.